The zero-order valence-corrected chi connectivity index (χ0v) is 12.4. The van der Waals surface area contributed by atoms with Crippen molar-refractivity contribution in [2.75, 3.05) is 37.3 Å². The molecule has 20 heavy (non-hydrogen) atoms. The number of nitrogens with one attached hydrogen (secondary N) is 1. The van der Waals surface area contributed by atoms with Crippen LogP contribution in [0.1, 0.15) is 6.42 Å². The van der Waals surface area contributed by atoms with Gasteiger partial charge in [-0.25, -0.2) is 4.98 Å². The summed E-state index contributed by atoms with van der Waals surface area (Å²) in [6, 6.07) is 3.26. The molecule has 0 atom stereocenters. The van der Waals surface area contributed by atoms with Gasteiger partial charge in [0.25, 0.3) is 0 Å². The van der Waals surface area contributed by atoms with Gasteiger partial charge < -0.3 is 10.0 Å². The fourth-order valence-corrected chi connectivity index (χ4v) is 2.22. The van der Waals surface area contributed by atoms with Gasteiger partial charge >= 0.3 is 16.2 Å². The number of rotatable bonds is 7. The Hall–Kier alpha value is -1.87. The van der Waals surface area contributed by atoms with E-state index in [-0.39, 0.29) is 13.0 Å². The van der Waals surface area contributed by atoms with E-state index in [1.807, 2.05) is 14.1 Å². The standard InChI is InChI=1S/C11H18N4O4S/c1-14(2)10-5-4-9(8-12-10)13-20(18,19)15(3)7-6-11(16)17/h4-5,8,13H,6-7H2,1-3H3,(H,16,17). The number of nitrogens with zero attached hydrogens (tertiary/aromatic N) is 3. The molecule has 1 heterocycles. The third-order valence-corrected chi connectivity index (χ3v) is 4.00. The summed E-state index contributed by atoms with van der Waals surface area (Å²) in [5, 5.41) is 8.54. The zero-order chi connectivity index (χ0) is 15.3. The van der Waals surface area contributed by atoms with Crippen molar-refractivity contribution in [3.8, 4) is 0 Å². The normalized spacial score (nSPS) is 11.4. The Morgan fingerprint density at radius 2 is 2.00 bits per heavy atom. The van der Waals surface area contributed by atoms with Gasteiger partial charge in [0.05, 0.1) is 18.3 Å². The highest BCUT2D eigenvalue weighted by molar-refractivity contribution is 7.90. The fraction of sp³-hybridized carbons (Fsp3) is 0.455. The first-order chi connectivity index (χ1) is 9.22. The smallest absolute Gasteiger partial charge is 0.304 e. The molecule has 0 spiro atoms. The SMILES string of the molecule is CN(C)c1ccc(NS(=O)(=O)N(C)CCC(=O)O)cn1. The number of pyridine rings is 1. The Labute approximate surface area is 118 Å². The number of anilines is 2. The van der Waals surface area contributed by atoms with Crippen molar-refractivity contribution in [1.82, 2.24) is 9.29 Å². The van der Waals surface area contributed by atoms with Gasteiger partial charge in [0, 0.05) is 27.7 Å². The first-order valence-electron chi connectivity index (χ1n) is 5.81. The minimum absolute atomic E-state index is 0.103. The minimum atomic E-state index is -3.78. The van der Waals surface area contributed by atoms with E-state index in [1.165, 1.54) is 13.2 Å². The van der Waals surface area contributed by atoms with Gasteiger partial charge in [-0.05, 0) is 12.1 Å². The van der Waals surface area contributed by atoms with Crippen LogP contribution in [0.15, 0.2) is 18.3 Å². The molecule has 0 radical (unpaired) electrons. The monoisotopic (exact) mass is 302 g/mol. The molecular weight excluding hydrogens is 284 g/mol. The number of carbonyl (C=O) groups is 1. The lowest BCUT2D eigenvalue weighted by atomic mass is 10.4. The average molecular weight is 302 g/mol. The predicted octanol–water partition coefficient (Wildman–Crippen LogP) is 0.211. The first-order valence-corrected chi connectivity index (χ1v) is 7.25. The molecule has 0 unspecified atom stereocenters. The molecule has 8 nitrogen and oxygen atoms in total. The molecule has 0 aliphatic heterocycles. The number of aliphatic carboxylic acids is 1. The maximum atomic E-state index is 11.9. The summed E-state index contributed by atoms with van der Waals surface area (Å²) in [5.74, 6) is -0.351. The first kappa shape index (κ1) is 16.2. The second-order valence-electron chi connectivity index (χ2n) is 4.37. The van der Waals surface area contributed by atoms with E-state index in [4.69, 9.17) is 5.11 Å². The van der Waals surface area contributed by atoms with Crippen LogP contribution in [0.5, 0.6) is 0 Å². The van der Waals surface area contributed by atoms with Crippen molar-refractivity contribution < 1.29 is 18.3 Å². The van der Waals surface area contributed by atoms with Crippen molar-refractivity contribution in [2.24, 2.45) is 0 Å². The van der Waals surface area contributed by atoms with Crippen LogP contribution < -0.4 is 9.62 Å². The lowest BCUT2D eigenvalue weighted by molar-refractivity contribution is -0.137. The molecule has 0 saturated carbocycles. The molecule has 0 saturated heterocycles. The Morgan fingerprint density at radius 3 is 2.45 bits per heavy atom. The Kier molecular flexibility index (Phi) is 5.28. The number of aromatic nitrogens is 1. The molecule has 0 amide bonds. The molecule has 0 aliphatic carbocycles. The number of carboxylic acid groups (broad SMARTS) is 1. The maximum Gasteiger partial charge on any atom is 0.304 e. The van der Waals surface area contributed by atoms with E-state index in [2.05, 4.69) is 9.71 Å². The second-order valence-corrected chi connectivity index (χ2v) is 6.15. The lowest BCUT2D eigenvalue weighted by Crippen LogP contribution is -2.34. The highest BCUT2D eigenvalue weighted by Crippen LogP contribution is 2.14. The molecule has 0 fully saturated rings. The van der Waals surface area contributed by atoms with E-state index < -0.39 is 16.2 Å². The highest BCUT2D eigenvalue weighted by Gasteiger charge is 2.18. The van der Waals surface area contributed by atoms with Gasteiger partial charge in [-0.1, -0.05) is 0 Å². The van der Waals surface area contributed by atoms with Crippen LogP contribution in [0.2, 0.25) is 0 Å². The van der Waals surface area contributed by atoms with Gasteiger partial charge in [-0.2, -0.15) is 12.7 Å². The van der Waals surface area contributed by atoms with E-state index >= 15 is 0 Å². The Morgan fingerprint density at radius 1 is 1.35 bits per heavy atom. The summed E-state index contributed by atoms with van der Waals surface area (Å²) < 4.78 is 27.1. The van der Waals surface area contributed by atoms with Crippen LogP contribution in [0.25, 0.3) is 0 Å². The van der Waals surface area contributed by atoms with E-state index in [0.29, 0.717) is 11.5 Å². The summed E-state index contributed by atoms with van der Waals surface area (Å²) in [6.45, 7) is -0.103. The molecule has 112 valence electrons. The summed E-state index contributed by atoms with van der Waals surface area (Å²) in [7, 11) is 1.19. The van der Waals surface area contributed by atoms with Crippen LogP contribution in [-0.2, 0) is 15.0 Å². The average Bonchev–Trinajstić information content (AvgIpc) is 2.35. The van der Waals surface area contributed by atoms with Crippen LogP contribution >= 0.6 is 0 Å². The summed E-state index contributed by atoms with van der Waals surface area (Å²) in [6.07, 6.45) is 1.15. The third-order valence-electron chi connectivity index (χ3n) is 2.50. The van der Waals surface area contributed by atoms with Crippen molar-refractivity contribution >= 4 is 27.7 Å². The number of hydrogen-bond acceptors (Lipinski definition) is 5. The third kappa shape index (κ3) is 4.67. The number of carboxylic acids is 1. The summed E-state index contributed by atoms with van der Waals surface area (Å²) >= 11 is 0. The van der Waals surface area contributed by atoms with Crippen molar-refractivity contribution in [3.63, 3.8) is 0 Å². The quantitative estimate of drug-likeness (QED) is 0.746. The molecule has 0 aliphatic rings. The molecule has 1 aromatic rings. The molecule has 1 rings (SSSR count). The molecule has 0 bridgehead atoms. The van der Waals surface area contributed by atoms with Crippen LogP contribution in [0, 0.1) is 0 Å². The largest absolute Gasteiger partial charge is 0.481 e. The topological polar surface area (TPSA) is 103 Å². The summed E-state index contributed by atoms with van der Waals surface area (Å²) in [4.78, 5) is 16.3. The van der Waals surface area contributed by atoms with Gasteiger partial charge in [0.1, 0.15) is 5.82 Å². The van der Waals surface area contributed by atoms with Gasteiger partial charge in [-0.15, -0.1) is 0 Å². The van der Waals surface area contributed by atoms with Crippen LogP contribution in [0.4, 0.5) is 11.5 Å². The molecule has 0 aromatic carbocycles. The van der Waals surface area contributed by atoms with Crippen molar-refractivity contribution in [2.45, 2.75) is 6.42 Å². The van der Waals surface area contributed by atoms with Gasteiger partial charge in [0.15, 0.2) is 0 Å². The summed E-state index contributed by atoms with van der Waals surface area (Å²) in [5.41, 5.74) is 0.317. The molecule has 2 N–H and O–H groups in total. The second kappa shape index (κ2) is 6.53. The van der Waals surface area contributed by atoms with E-state index in [1.54, 1.807) is 17.0 Å². The Balaban J connectivity index is 2.72. The number of hydrogen-bond donors (Lipinski definition) is 2. The van der Waals surface area contributed by atoms with Crippen LogP contribution in [0.3, 0.4) is 0 Å². The minimum Gasteiger partial charge on any atom is -0.481 e. The van der Waals surface area contributed by atoms with E-state index in [0.717, 1.165) is 4.31 Å². The fourth-order valence-electron chi connectivity index (χ4n) is 1.31. The molecule has 9 heteroatoms. The predicted molar refractivity (Wildman–Crippen MR) is 76.0 cm³/mol. The highest BCUT2D eigenvalue weighted by atomic mass is 32.2. The van der Waals surface area contributed by atoms with Crippen molar-refractivity contribution in [3.05, 3.63) is 18.3 Å². The van der Waals surface area contributed by atoms with Gasteiger partial charge in [-0.3, -0.25) is 9.52 Å². The van der Waals surface area contributed by atoms with Gasteiger partial charge in [0.2, 0.25) is 0 Å². The van der Waals surface area contributed by atoms with E-state index in [9.17, 15) is 13.2 Å². The van der Waals surface area contributed by atoms with Crippen LogP contribution in [-0.4, -0.2) is 56.5 Å². The Bertz CT molecular complexity index is 556. The molecular formula is C11H18N4O4S. The van der Waals surface area contributed by atoms with Crippen molar-refractivity contribution in [1.29, 1.82) is 0 Å². The zero-order valence-electron chi connectivity index (χ0n) is 11.6. The maximum absolute atomic E-state index is 11.9. The lowest BCUT2D eigenvalue weighted by Gasteiger charge is -2.18. The molecule has 1 aromatic heterocycles.